The summed E-state index contributed by atoms with van der Waals surface area (Å²) in [5.74, 6) is -1.57. The van der Waals surface area contributed by atoms with Gasteiger partial charge in [0.25, 0.3) is 0 Å². The summed E-state index contributed by atoms with van der Waals surface area (Å²) in [5.41, 5.74) is 1.62. The molecule has 1 N–H and O–H groups in total. The van der Waals surface area contributed by atoms with Crippen molar-refractivity contribution in [3.8, 4) is 0 Å². The Labute approximate surface area is 182 Å². The van der Waals surface area contributed by atoms with Gasteiger partial charge in [0.2, 0.25) is 0 Å². The molecule has 0 saturated carbocycles. The quantitative estimate of drug-likeness (QED) is 0.354. The monoisotopic (exact) mass is 425 g/mol. The average Bonchev–Trinajstić information content (AvgIpc) is 2.80. The van der Waals surface area contributed by atoms with Gasteiger partial charge < -0.3 is 19.5 Å². The van der Waals surface area contributed by atoms with Gasteiger partial charge in [-0.05, 0) is 24.5 Å². The first-order valence-corrected chi connectivity index (χ1v) is 9.98. The van der Waals surface area contributed by atoms with Gasteiger partial charge in [-0.25, -0.2) is 14.4 Å². The topological polar surface area (TPSA) is 90.9 Å². The Morgan fingerprint density at radius 2 is 1.61 bits per heavy atom. The fraction of sp³-hybridized carbons (Fsp3) is 0.292. The van der Waals surface area contributed by atoms with Crippen LogP contribution in [0.3, 0.4) is 0 Å². The molecule has 0 spiro atoms. The van der Waals surface area contributed by atoms with Gasteiger partial charge in [-0.1, -0.05) is 66.7 Å². The largest absolute Gasteiger partial charge is 0.467 e. The van der Waals surface area contributed by atoms with Crippen LogP contribution < -0.4 is 5.32 Å². The van der Waals surface area contributed by atoms with Crippen molar-refractivity contribution in [1.82, 2.24) is 5.32 Å². The van der Waals surface area contributed by atoms with Gasteiger partial charge in [0.05, 0.1) is 13.7 Å². The number of carbonyl (C=O) groups is 3. The van der Waals surface area contributed by atoms with Gasteiger partial charge in [0.1, 0.15) is 12.6 Å². The van der Waals surface area contributed by atoms with Crippen molar-refractivity contribution in [2.24, 2.45) is 0 Å². The highest BCUT2D eigenvalue weighted by Gasteiger charge is 2.32. The molecule has 1 amide bonds. The minimum absolute atomic E-state index is 0.0688. The first-order chi connectivity index (χ1) is 15.0. The Balaban J connectivity index is 2.16. The molecule has 2 rings (SSSR count). The Hall–Kier alpha value is -3.61. The van der Waals surface area contributed by atoms with E-state index in [9.17, 15) is 14.4 Å². The summed E-state index contributed by atoms with van der Waals surface area (Å²) in [4.78, 5) is 36.6. The summed E-state index contributed by atoms with van der Waals surface area (Å²) in [6.45, 7) is 2.06. The van der Waals surface area contributed by atoms with Crippen LogP contribution in [0.5, 0.6) is 0 Å². The van der Waals surface area contributed by atoms with E-state index in [4.69, 9.17) is 14.2 Å². The SMILES string of the molecule is CCOC(=O)/C=C/C[C@@H](c1ccccc1)[C@H](NC(=O)OCc1ccccc1)C(=O)OC. The molecule has 0 aliphatic carbocycles. The van der Waals surface area contributed by atoms with Crippen LogP contribution in [-0.4, -0.2) is 37.8 Å². The summed E-state index contributed by atoms with van der Waals surface area (Å²) in [7, 11) is 1.25. The van der Waals surface area contributed by atoms with Crippen LogP contribution in [0.15, 0.2) is 72.8 Å². The standard InChI is InChI=1S/C24H27NO6/c1-3-30-21(26)16-10-15-20(19-13-8-5-9-14-19)22(23(27)29-2)25-24(28)31-17-18-11-6-4-7-12-18/h4-14,16,20,22H,3,15,17H2,1-2H3,(H,25,28)/b16-10+/t20-,22-/m0/s1. The van der Waals surface area contributed by atoms with Crippen molar-refractivity contribution in [3.05, 3.63) is 83.9 Å². The lowest BCUT2D eigenvalue weighted by Gasteiger charge is -2.25. The molecular formula is C24H27NO6. The molecule has 0 saturated heterocycles. The third-order valence-electron chi connectivity index (χ3n) is 4.50. The maximum atomic E-state index is 12.5. The van der Waals surface area contributed by atoms with Gasteiger partial charge in [-0.3, -0.25) is 0 Å². The Bertz CT molecular complexity index is 866. The lowest BCUT2D eigenvalue weighted by molar-refractivity contribution is -0.143. The molecule has 2 aromatic rings. The molecule has 2 atom stereocenters. The van der Waals surface area contributed by atoms with E-state index in [-0.39, 0.29) is 13.2 Å². The zero-order chi connectivity index (χ0) is 22.5. The molecule has 0 fully saturated rings. The molecule has 7 nitrogen and oxygen atoms in total. The predicted octanol–water partition coefficient (Wildman–Crippen LogP) is 3.75. The number of rotatable bonds is 10. The van der Waals surface area contributed by atoms with Crippen molar-refractivity contribution in [2.45, 2.75) is 31.9 Å². The van der Waals surface area contributed by atoms with Gasteiger partial charge in [0.15, 0.2) is 0 Å². The first-order valence-electron chi connectivity index (χ1n) is 9.98. The van der Waals surface area contributed by atoms with Crippen LogP contribution in [0.1, 0.15) is 30.4 Å². The fourth-order valence-electron chi connectivity index (χ4n) is 3.01. The second kappa shape index (κ2) is 12.8. The van der Waals surface area contributed by atoms with Crippen molar-refractivity contribution in [3.63, 3.8) is 0 Å². The van der Waals surface area contributed by atoms with Crippen molar-refractivity contribution >= 4 is 18.0 Å². The van der Waals surface area contributed by atoms with Crippen LogP contribution >= 0.6 is 0 Å². The maximum Gasteiger partial charge on any atom is 0.408 e. The predicted molar refractivity (Wildman–Crippen MR) is 115 cm³/mol. The number of amides is 1. The summed E-state index contributed by atoms with van der Waals surface area (Å²) in [5, 5.41) is 2.61. The molecule has 0 bridgehead atoms. The van der Waals surface area contributed by atoms with E-state index in [0.717, 1.165) is 11.1 Å². The van der Waals surface area contributed by atoms with Crippen LogP contribution in [0, 0.1) is 0 Å². The van der Waals surface area contributed by atoms with Crippen LogP contribution in [0.4, 0.5) is 4.79 Å². The van der Waals surface area contributed by atoms with Crippen molar-refractivity contribution in [2.75, 3.05) is 13.7 Å². The second-order valence-electron chi connectivity index (χ2n) is 6.61. The molecule has 7 heteroatoms. The molecule has 164 valence electrons. The highest BCUT2D eigenvalue weighted by Crippen LogP contribution is 2.25. The second-order valence-corrected chi connectivity index (χ2v) is 6.61. The average molecular weight is 425 g/mol. The van der Waals surface area contributed by atoms with Gasteiger partial charge in [-0.2, -0.15) is 0 Å². The zero-order valence-corrected chi connectivity index (χ0v) is 17.7. The molecule has 0 aliphatic rings. The minimum Gasteiger partial charge on any atom is -0.467 e. The molecule has 0 aromatic heterocycles. The minimum atomic E-state index is -1.01. The number of carbonyl (C=O) groups excluding carboxylic acids is 3. The smallest absolute Gasteiger partial charge is 0.408 e. The normalized spacial score (nSPS) is 12.6. The highest BCUT2D eigenvalue weighted by atomic mass is 16.6. The highest BCUT2D eigenvalue weighted by molar-refractivity contribution is 5.83. The Morgan fingerprint density at radius 3 is 2.23 bits per heavy atom. The maximum absolute atomic E-state index is 12.5. The molecule has 2 aromatic carbocycles. The number of methoxy groups -OCH3 is 1. The molecule has 31 heavy (non-hydrogen) atoms. The zero-order valence-electron chi connectivity index (χ0n) is 17.7. The first kappa shape index (κ1) is 23.7. The summed E-state index contributed by atoms with van der Waals surface area (Å²) >= 11 is 0. The lowest BCUT2D eigenvalue weighted by atomic mass is 9.88. The van der Waals surface area contributed by atoms with Crippen LogP contribution in [0.25, 0.3) is 0 Å². The third kappa shape index (κ3) is 7.97. The Morgan fingerprint density at radius 1 is 0.968 bits per heavy atom. The number of esters is 2. The molecular weight excluding hydrogens is 398 g/mol. The number of nitrogens with one attached hydrogen (secondary N) is 1. The lowest BCUT2D eigenvalue weighted by Crippen LogP contribution is -2.45. The van der Waals surface area contributed by atoms with E-state index >= 15 is 0 Å². The van der Waals surface area contributed by atoms with E-state index in [1.807, 2.05) is 60.7 Å². The number of hydrogen-bond donors (Lipinski definition) is 1. The fourth-order valence-corrected chi connectivity index (χ4v) is 3.01. The van der Waals surface area contributed by atoms with Crippen molar-refractivity contribution < 1.29 is 28.6 Å². The van der Waals surface area contributed by atoms with E-state index in [1.165, 1.54) is 13.2 Å². The Kier molecular flexibility index (Phi) is 9.81. The van der Waals surface area contributed by atoms with Gasteiger partial charge in [0, 0.05) is 12.0 Å². The van der Waals surface area contributed by atoms with Gasteiger partial charge in [-0.15, -0.1) is 0 Å². The van der Waals surface area contributed by atoms with Crippen LogP contribution in [-0.2, 0) is 30.4 Å². The van der Waals surface area contributed by atoms with E-state index in [2.05, 4.69) is 5.32 Å². The number of ether oxygens (including phenoxy) is 3. The molecule has 0 unspecified atom stereocenters. The number of benzene rings is 2. The number of hydrogen-bond acceptors (Lipinski definition) is 6. The number of alkyl carbamates (subject to hydrolysis) is 1. The third-order valence-corrected chi connectivity index (χ3v) is 4.50. The molecule has 0 radical (unpaired) electrons. The number of allylic oxidation sites excluding steroid dienone is 1. The van der Waals surface area contributed by atoms with Gasteiger partial charge >= 0.3 is 18.0 Å². The van der Waals surface area contributed by atoms with E-state index in [1.54, 1.807) is 13.0 Å². The van der Waals surface area contributed by atoms with E-state index in [0.29, 0.717) is 6.42 Å². The molecule has 0 heterocycles. The summed E-state index contributed by atoms with van der Waals surface area (Å²) in [6.07, 6.45) is 2.47. The van der Waals surface area contributed by atoms with E-state index < -0.39 is 30.0 Å². The molecule has 0 aliphatic heterocycles. The van der Waals surface area contributed by atoms with Crippen LogP contribution in [0.2, 0.25) is 0 Å². The summed E-state index contributed by atoms with van der Waals surface area (Å²) in [6, 6.07) is 17.4. The van der Waals surface area contributed by atoms with Crippen molar-refractivity contribution in [1.29, 1.82) is 0 Å². The summed E-state index contributed by atoms with van der Waals surface area (Å²) < 4.78 is 15.1.